The Kier molecular flexibility index (Phi) is 6.33. The van der Waals surface area contributed by atoms with Gasteiger partial charge in [0.25, 0.3) is 0 Å². The van der Waals surface area contributed by atoms with E-state index in [4.69, 9.17) is 16.3 Å². The van der Waals surface area contributed by atoms with Crippen molar-refractivity contribution in [1.29, 1.82) is 0 Å². The number of hydrogen-bond acceptors (Lipinski definition) is 8. The second-order valence-electron chi connectivity index (χ2n) is 5.35. The van der Waals surface area contributed by atoms with Crippen LogP contribution in [-0.4, -0.2) is 39.6 Å². The minimum absolute atomic E-state index is 0.0925. The van der Waals surface area contributed by atoms with Crippen molar-refractivity contribution >= 4 is 34.7 Å². The van der Waals surface area contributed by atoms with Crippen LogP contribution in [0.1, 0.15) is 12.5 Å². The summed E-state index contributed by atoms with van der Waals surface area (Å²) in [4.78, 5) is 21.9. The lowest BCUT2D eigenvalue weighted by Gasteiger charge is -2.15. The van der Waals surface area contributed by atoms with Crippen LogP contribution < -0.4 is 10.6 Å². The van der Waals surface area contributed by atoms with E-state index < -0.39 is 22.4 Å². The third-order valence-corrected chi connectivity index (χ3v) is 3.50. The minimum atomic E-state index is -4.62. The molecule has 0 spiro atoms. The Morgan fingerprint density at radius 3 is 2.52 bits per heavy atom. The fraction of sp³-hybridized carbons (Fsp3) is 0.357. The van der Waals surface area contributed by atoms with Crippen LogP contribution in [0.3, 0.4) is 0 Å². The molecular weight excluding hydrogens is 393 g/mol. The average molecular weight is 407 g/mol. The van der Waals surface area contributed by atoms with Gasteiger partial charge in [0.05, 0.1) is 22.1 Å². The van der Waals surface area contributed by atoms with Gasteiger partial charge in [-0.25, -0.2) is 15.0 Å². The summed E-state index contributed by atoms with van der Waals surface area (Å²) in [6.45, 7) is 1.98. The molecule has 0 amide bonds. The van der Waals surface area contributed by atoms with Crippen molar-refractivity contribution in [2.75, 3.05) is 24.4 Å². The number of anilines is 3. The zero-order valence-corrected chi connectivity index (χ0v) is 14.8. The van der Waals surface area contributed by atoms with E-state index in [-0.39, 0.29) is 35.1 Å². The van der Waals surface area contributed by atoms with Crippen LogP contribution in [0.4, 0.5) is 36.3 Å². The highest BCUT2D eigenvalue weighted by molar-refractivity contribution is 6.33. The van der Waals surface area contributed by atoms with E-state index in [2.05, 4.69) is 25.6 Å². The van der Waals surface area contributed by atoms with E-state index in [9.17, 15) is 23.3 Å². The summed E-state index contributed by atoms with van der Waals surface area (Å²) >= 11 is 5.81. The zero-order chi connectivity index (χ0) is 20.2. The molecule has 13 heteroatoms. The van der Waals surface area contributed by atoms with Crippen LogP contribution in [0.15, 0.2) is 18.6 Å². The molecule has 0 fully saturated rings. The molecule has 0 bridgehead atoms. The molecule has 2 N–H and O–H groups in total. The van der Waals surface area contributed by atoms with Gasteiger partial charge in [0.1, 0.15) is 6.33 Å². The quantitative estimate of drug-likeness (QED) is 0.529. The van der Waals surface area contributed by atoms with E-state index in [0.717, 1.165) is 6.33 Å². The average Bonchev–Trinajstić information content (AvgIpc) is 2.55. The molecule has 0 aromatic carbocycles. The van der Waals surface area contributed by atoms with E-state index in [1.54, 1.807) is 6.92 Å². The summed E-state index contributed by atoms with van der Waals surface area (Å²) in [6.07, 6.45) is -3.01. The highest BCUT2D eigenvalue weighted by atomic mass is 35.5. The topological polar surface area (TPSA) is 115 Å². The van der Waals surface area contributed by atoms with Gasteiger partial charge in [0, 0.05) is 19.3 Å². The molecular formula is C14H14ClF3N6O3. The lowest BCUT2D eigenvalue weighted by atomic mass is 10.2. The number of aromatic nitrogens is 3. The number of hydrogen-bond donors (Lipinski definition) is 2. The van der Waals surface area contributed by atoms with Crippen molar-refractivity contribution in [2.45, 2.75) is 19.1 Å². The fourth-order valence-corrected chi connectivity index (χ4v) is 2.28. The van der Waals surface area contributed by atoms with Crippen molar-refractivity contribution in [3.05, 3.63) is 39.3 Å². The molecule has 0 aliphatic carbocycles. The standard InChI is InChI=1S/C14H14ClF3N6O3/c1-7(5-27-2)22-12-10(24(25)26)13(21-6-20-12)23-11-9(15)3-8(4-19-11)14(16,17)18/h3-4,6-7H,5H2,1-2H3,(H2,19,20,21,22,23). The maximum Gasteiger partial charge on any atom is 0.417 e. The molecule has 0 aliphatic rings. The van der Waals surface area contributed by atoms with Gasteiger partial charge < -0.3 is 15.4 Å². The Morgan fingerprint density at radius 2 is 1.96 bits per heavy atom. The summed E-state index contributed by atoms with van der Waals surface area (Å²) in [6, 6.07) is 0.355. The van der Waals surface area contributed by atoms with Crippen molar-refractivity contribution in [3.63, 3.8) is 0 Å². The highest BCUT2D eigenvalue weighted by Crippen LogP contribution is 2.35. The third kappa shape index (κ3) is 5.14. The smallest absolute Gasteiger partial charge is 0.383 e. The zero-order valence-electron chi connectivity index (χ0n) is 14.0. The Bertz CT molecular complexity index is 836. The molecule has 146 valence electrons. The third-order valence-electron chi connectivity index (χ3n) is 3.21. The van der Waals surface area contributed by atoms with Gasteiger partial charge in [-0.05, 0) is 13.0 Å². The first kappa shape index (κ1) is 20.6. The Morgan fingerprint density at radius 1 is 1.30 bits per heavy atom. The van der Waals surface area contributed by atoms with E-state index in [1.807, 2.05) is 0 Å². The molecule has 1 unspecified atom stereocenters. The van der Waals surface area contributed by atoms with E-state index in [0.29, 0.717) is 12.3 Å². The number of rotatable bonds is 7. The summed E-state index contributed by atoms with van der Waals surface area (Å²) < 4.78 is 43.0. The normalized spacial score (nSPS) is 12.5. The first-order valence-electron chi connectivity index (χ1n) is 7.38. The van der Waals surface area contributed by atoms with Crippen LogP contribution in [0, 0.1) is 10.1 Å². The Labute approximate surface area is 156 Å². The predicted molar refractivity (Wildman–Crippen MR) is 91.2 cm³/mol. The van der Waals surface area contributed by atoms with Crippen molar-refractivity contribution < 1.29 is 22.8 Å². The van der Waals surface area contributed by atoms with Crippen LogP contribution in [0.5, 0.6) is 0 Å². The number of nitrogens with zero attached hydrogens (tertiary/aromatic N) is 4. The molecule has 2 heterocycles. The lowest BCUT2D eigenvalue weighted by Crippen LogP contribution is -2.22. The molecule has 0 radical (unpaired) electrons. The number of ether oxygens (including phenoxy) is 1. The molecule has 0 saturated heterocycles. The Hall–Kier alpha value is -2.73. The van der Waals surface area contributed by atoms with Crippen LogP contribution >= 0.6 is 11.6 Å². The number of pyridine rings is 1. The number of halogens is 4. The second kappa shape index (κ2) is 8.31. The number of methoxy groups -OCH3 is 1. The monoisotopic (exact) mass is 406 g/mol. The van der Waals surface area contributed by atoms with Crippen LogP contribution in [-0.2, 0) is 10.9 Å². The first-order valence-corrected chi connectivity index (χ1v) is 7.76. The minimum Gasteiger partial charge on any atom is -0.383 e. The van der Waals surface area contributed by atoms with Gasteiger partial charge in [-0.1, -0.05) is 11.6 Å². The van der Waals surface area contributed by atoms with Gasteiger partial charge in [-0.15, -0.1) is 0 Å². The first-order chi connectivity index (χ1) is 12.6. The molecule has 1 atom stereocenters. The summed E-state index contributed by atoms with van der Waals surface area (Å²) in [5.41, 5.74) is -1.57. The van der Waals surface area contributed by atoms with Crippen LogP contribution in [0.25, 0.3) is 0 Å². The summed E-state index contributed by atoms with van der Waals surface area (Å²) in [5.74, 6) is -0.594. The predicted octanol–water partition coefficient (Wildman–Crippen LogP) is 3.64. The maximum atomic E-state index is 12.7. The fourth-order valence-electron chi connectivity index (χ4n) is 2.07. The number of nitro groups is 1. The number of alkyl halides is 3. The van der Waals surface area contributed by atoms with E-state index in [1.165, 1.54) is 7.11 Å². The largest absolute Gasteiger partial charge is 0.417 e. The van der Waals surface area contributed by atoms with Crippen LogP contribution in [0.2, 0.25) is 5.02 Å². The SMILES string of the molecule is COCC(C)Nc1ncnc(Nc2ncc(C(F)(F)F)cc2Cl)c1[N+](=O)[O-]. The molecule has 0 aliphatic heterocycles. The molecule has 0 saturated carbocycles. The number of nitrogens with one attached hydrogen (secondary N) is 2. The van der Waals surface area contributed by atoms with E-state index >= 15 is 0 Å². The van der Waals surface area contributed by atoms with Gasteiger partial charge >= 0.3 is 11.9 Å². The van der Waals surface area contributed by atoms with Crippen molar-refractivity contribution in [1.82, 2.24) is 15.0 Å². The summed E-state index contributed by atoms with van der Waals surface area (Å²) in [7, 11) is 1.47. The molecule has 9 nitrogen and oxygen atoms in total. The highest BCUT2D eigenvalue weighted by Gasteiger charge is 2.32. The Balaban J connectivity index is 2.37. The second-order valence-corrected chi connectivity index (χ2v) is 5.76. The van der Waals surface area contributed by atoms with Crippen molar-refractivity contribution in [2.24, 2.45) is 0 Å². The van der Waals surface area contributed by atoms with Gasteiger partial charge in [0.2, 0.25) is 11.6 Å². The molecule has 2 aromatic rings. The van der Waals surface area contributed by atoms with Crippen molar-refractivity contribution in [3.8, 4) is 0 Å². The van der Waals surface area contributed by atoms with Gasteiger partial charge in [-0.3, -0.25) is 10.1 Å². The summed E-state index contributed by atoms with van der Waals surface area (Å²) in [5, 5.41) is 16.4. The molecule has 2 aromatic heterocycles. The van der Waals surface area contributed by atoms with Gasteiger partial charge in [-0.2, -0.15) is 13.2 Å². The lowest BCUT2D eigenvalue weighted by molar-refractivity contribution is -0.383. The maximum absolute atomic E-state index is 12.7. The molecule has 27 heavy (non-hydrogen) atoms. The molecule has 2 rings (SSSR count). The van der Waals surface area contributed by atoms with Gasteiger partial charge in [0.15, 0.2) is 5.82 Å².